The van der Waals surface area contributed by atoms with E-state index in [4.69, 9.17) is 26.1 Å². The van der Waals surface area contributed by atoms with Gasteiger partial charge in [0.2, 0.25) is 0 Å². The van der Waals surface area contributed by atoms with Gasteiger partial charge in [-0.3, -0.25) is 9.59 Å². The Morgan fingerprint density at radius 2 is 2.00 bits per heavy atom. The van der Waals surface area contributed by atoms with Crippen molar-refractivity contribution in [2.45, 2.75) is 38.6 Å². The molecule has 3 rings (SSSR count). The Kier molecular flexibility index (Phi) is 8.98. The SMILES string of the molecule is CC(C)N1CCC(c2cc(-c3ccccc3OCC(N)=O)nc(N)c2C#N)CC1.O=CO. The predicted molar refractivity (Wildman–Crippen MR) is 121 cm³/mol. The molecule has 32 heavy (non-hydrogen) atoms. The smallest absolute Gasteiger partial charge is 0.290 e. The maximum Gasteiger partial charge on any atom is 0.290 e. The number of nitrogens with zero attached hydrogens (tertiary/aromatic N) is 3. The number of carbonyl (C=O) groups excluding carboxylic acids is 1. The van der Waals surface area contributed by atoms with E-state index in [0.717, 1.165) is 31.5 Å². The Morgan fingerprint density at radius 1 is 1.38 bits per heavy atom. The molecule has 1 aromatic carbocycles. The normalized spacial score (nSPS) is 14.2. The Bertz CT molecular complexity index is 979. The number of amides is 1. The van der Waals surface area contributed by atoms with Crippen molar-refractivity contribution in [3.63, 3.8) is 0 Å². The zero-order chi connectivity index (χ0) is 23.7. The summed E-state index contributed by atoms with van der Waals surface area (Å²) in [6.45, 7) is 5.91. The van der Waals surface area contributed by atoms with Crippen molar-refractivity contribution in [3.8, 4) is 23.1 Å². The van der Waals surface area contributed by atoms with Crippen LogP contribution in [0.5, 0.6) is 5.75 Å². The lowest BCUT2D eigenvalue weighted by molar-refractivity contribution is -0.123. The molecule has 2 heterocycles. The van der Waals surface area contributed by atoms with Crippen molar-refractivity contribution in [1.29, 1.82) is 5.26 Å². The quantitative estimate of drug-likeness (QED) is 0.579. The van der Waals surface area contributed by atoms with E-state index in [1.165, 1.54) is 0 Å². The molecule has 0 radical (unpaired) electrons. The maximum atomic E-state index is 11.1. The number of piperidine rings is 1. The molecule has 1 fully saturated rings. The maximum absolute atomic E-state index is 11.1. The van der Waals surface area contributed by atoms with E-state index < -0.39 is 5.91 Å². The van der Waals surface area contributed by atoms with Gasteiger partial charge in [-0.2, -0.15) is 5.26 Å². The van der Waals surface area contributed by atoms with Gasteiger partial charge in [-0.25, -0.2) is 4.98 Å². The fourth-order valence-corrected chi connectivity index (χ4v) is 3.85. The first kappa shape index (κ1) is 24.6. The summed E-state index contributed by atoms with van der Waals surface area (Å²) in [7, 11) is 0. The lowest BCUT2D eigenvalue weighted by Gasteiger charge is -2.35. The van der Waals surface area contributed by atoms with Crippen molar-refractivity contribution < 1.29 is 19.4 Å². The summed E-state index contributed by atoms with van der Waals surface area (Å²) >= 11 is 0. The fourth-order valence-electron chi connectivity index (χ4n) is 3.85. The second-order valence-electron chi connectivity index (χ2n) is 7.73. The van der Waals surface area contributed by atoms with Crippen LogP contribution >= 0.6 is 0 Å². The Hall–Kier alpha value is -3.64. The summed E-state index contributed by atoms with van der Waals surface area (Å²) in [5.74, 6) is 0.423. The van der Waals surface area contributed by atoms with Crippen molar-refractivity contribution in [2.24, 2.45) is 5.73 Å². The minimum atomic E-state index is -0.551. The average molecular weight is 440 g/mol. The zero-order valence-electron chi connectivity index (χ0n) is 18.3. The summed E-state index contributed by atoms with van der Waals surface area (Å²) < 4.78 is 5.55. The number of ether oxygens (including phenoxy) is 1. The van der Waals surface area contributed by atoms with Crippen LogP contribution in [0.25, 0.3) is 11.3 Å². The number of nitrogens with two attached hydrogens (primary N) is 2. The van der Waals surface area contributed by atoms with Gasteiger partial charge >= 0.3 is 0 Å². The number of nitriles is 1. The minimum absolute atomic E-state index is 0.219. The number of carboxylic acid groups (broad SMARTS) is 1. The molecule has 1 aromatic heterocycles. The number of carbonyl (C=O) groups is 2. The number of primary amides is 1. The van der Waals surface area contributed by atoms with Crippen molar-refractivity contribution in [2.75, 3.05) is 25.4 Å². The number of hydrogen-bond donors (Lipinski definition) is 3. The first-order valence-electron chi connectivity index (χ1n) is 10.3. The fraction of sp³-hybridized carbons (Fsp3) is 0.391. The number of likely N-dealkylation sites (tertiary alicyclic amines) is 1. The lowest BCUT2D eigenvalue weighted by atomic mass is 9.86. The van der Waals surface area contributed by atoms with Gasteiger partial charge in [0.05, 0.1) is 11.3 Å². The lowest BCUT2D eigenvalue weighted by Crippen LogP contribution is -2.38. The van der Waals surface area contributed by atoms with Gasteiger partial charge in [-0.05, 0) is 69.5 Å². The molecule has 1 aliphatic rings. The van der Waals surface area contributed by atoms with Crippen LogP contribution in [-0.4, -0.2) is 53.1 Å². The highest BCUT2D eigenvalue weighted by molar-refractivity contribution is 5.76. The van der Waals surface area contributed by atoms with E-state index in [0.29, 0.717) is 28.6 Å². The van der Waals surface area contributed by atoms with Crippen LogP contribution in [0.2, 0.25) is 0 Å². The second-order valence-corrected chi connectivity index (χ2v) is 7.73. The monoisotopic (exact) mass is 439 g/mol. The van der Waals surface area contributed by atoms with Crippen LogP contribution in [0, 0.1) is 11.3 Å². The number of benzene rings is 1. The van der Waals surface area contributed by atoms with Crippen LogP contribution in [0.4, 0.5) is 5.82 Å². The largest absolute Gasteiger partial charge is 0.483 e. The number of hydrogen-bond acceptors (Lipinski definition) is 7. The van der Waals surface area contributed by atoms with Gasteiger partial charge in [0.25, 0.3) is 12.4 Å². The van der Waals surface area contributed by atoms with E-state index in [1.54, 1.807) is 6.07 Å². The van der Waals surface area contributed by atoms with Gasteiger partial charge in [0, 0.05) is 11.6 Å². The van der Waals surface area contributed by atoms with Gasteiger partial charge in [-0.1, -0.05) is 12.1 Å². The summed E-state index contributed by atoms with van der Waals surface area (Å²) in [6.07, 6.45) is 1.94. The van der Waals surface area contributed by atoms with Crippen LogP contribution in [0.1, 0.15) is 43.7 Å². The van der Waals surface area contributed by atoms with Crippen molar-refractivity contribution in [1.82, 2.24) is 9.88 Å². The highest BCUT2D eigenvalue weighted by Gasteiger charge is 2.26. The number of para-hydroxylation sites is 1. The van der Waals surface area contributed by atoms with Crippen LogP contribution < -0.4 is 16.2 Å². The highest BCUT2D eigenvalue weighted by Crippen LogP contribution is 2.37. The van der Waals surface area contributed by atoms with E-state index in [-0.39, 0.29) is 24.8 Å². The second kappa shape index (κ2) is 11.7. The first-order valence-corrected chi connectivity index (χ1v) is 10.3. The van der Waals surface area contributed by atoms with Gasteiger partial charge < -0.3 is 26.2 Å². The molecule has 1 saturated heterocycles. The third kappa shape index (κ3) is 6.18. The van der Waals surface area contributed by atoms with Gasteiger partial charge in [0.15, 0.2) is 6.61 Å². The molecule has 170 valence electrons. The van der Waals surface area contributed by atoms with Gasteiger partial charge in [0.1, 0.15) is 17.6 Å². The molecule has 0 spiro atoms. The Balaban J connectivity index is 0.00000114. The molecule has 2 aromatic rings. The van der Waals surface area contributed by atoms with E-state index in [2.05, 4.69) is 29.8 Å². The number of pyridine rings is 1. The number of nitrogen functional groups attached to an aromatic ring is 1. The minimum Gasteiger partial charge on any atom is -0.483 e. The number of rotatable bonds is 6. The first-order chi connectivity index (χ1) is 15.3. The standard InChI is InChI=1S/C22H27N5O2.CH2O2/c1-14(2)27-9-7-15(8-10-27)17-11-19(26-22(25)18(17)12-23)16-5-3-4-6-20(16)29-13-21(24)28;2-1-3/h3-6,11,14-15H,7-10,13H2,1-2H3,(H2,24,28)(H2,25,26);1H,(H,2,3). The van der Waals surface area contributed by atoms with Crippen LogP contribution in [0.15, 0.2) is 30.3 Å². The Labute approximate surface area is 187 Å². The summed E-state index contributed by atoms with van der Waals surface area (Å²) in [5, 5.41) is 16.6. The molecule has 0 aliphatic carbocycles. The van der Waals surface area contributed by atoms with Gasteiger partial charge in [-0.15, -0.1) is 0 Å². The summed E-state index contributed by atoms with van der Waals surface area (Å²) in [6, 6.07) is 12.0. The summed E-state index contributed by atoms with van der Waals surface area (Å²) in [4.78, 5) is 26.4. The van der Waals surface area contributed by atoms with Crippen LogP contribution in [-0.2, 0) is 9.59 Å². The molecular formula is C23H29N5O4. The average Bonchev–Trinajstić information content (AvgIpc) is 2.78. The van der Waals surface area contributed by atoms with Crippen LogP contribution in [0.3, 0.4) is 0 Å². The van der Waals surface area contributed by atoms with E-state index >= 15 is 0 Å². The molecule has 9 heteroatoms. The number of aromatic nitrogens is 1. The van der Waals surface area contributed by atoms with Crippen molar-refractivity contribution >= 4 is 18.2 Å². The predicted octanol–water partition coefficient (Wildman–Crippen LogP) is 2.36. The Morgan fingerprint density at radius 3 is 2.56 bits per heavy atom. The molecule has 0 unspecified atom stereocenters. The number of anilines is 1. The molecule has 1 aliphatic heterocycles. The molecule has 0 atom stereocenters. The molecule has 0 bridgehead atoms. The molecule has 9 nitrogen and oxygen atoms in total. The molecule has 1 amide bonds. The molecular weight excluding hydrogens is 410 g/mol. The zero-order valence-corrected chi connectivity index (χ0v) is 18.3. The third-order valence-corrected chi connectivity index (χ3v) is 5.42. The molecule has 5 N–H and O–H groups in total. The topological polar surface area (TPSA) is 156 Å². The summed E-state index contributed by atoms with van der Waals surface area (Å²) in [5.41, 5.74) is 14.1. The van der Waals surface area contributed by atoms with Crippen molar-refractivity contribution in [3.05, 3.63) is 41.5 Å². The highest BCUT2D eigenvalue weighted by atomic mass is 16.5. The third-order valence-electron chi connectivity index (χ3n) is 5.42. The van der Waals surface area contributed by atoms with E-state index in [9.17, 15) is 10.1 Å². The molecule has 0 saturated carbocycles. The van der Waals surface area contributed by atoms with E-state index in [1.807, 2.05) is 24.3 Å².